The zero-order valence-corrected chi connectivity index (χ0v) is 17.0. The van der Waals surface area contributed by atoms with Crippen LogP contribution in [0.15, 0.2) is 24.3 Å². The highest BCUT2D eigenvalue weighted by atomic mass is 127. The molecule has 0 aliphatic carbocycles. The molecule has 22 heavy (non-hydrogen) atoms. The van der Waals surface area contributed by atoms with Crippen LogP contribution in [-0.2, 0) is 14.9 Å². The first-order chi connectivity index (χ1) is 10.2. The molecule has 0 aromatic heterocycles. The van der Waals surface area contributed by atoms with Gasteiger partial charge >= 0.3 is 0 Å². The summed E-state index contributed by atoms with van der Waals surface area (Å²) in [5.74, 6) is 2.79. The highest BCUT2D eigenvalue weighted by molar-refractivity contribution is 14.1. The summed E-state index contributed by atoms with van der Waals surface area (Å²) >= 11 is 5.55. The van der Waals surface area contributed by atoms with Crippen molar-refractivity contribution in [3.63, 3.8) is 0 Å². The van der Waals surface area contributed by atoms with Crippen molar-refractivity contribution in [3.05, 3.63) is 33.4 Å². The van der Waals surface area contributed by atoms with Crippen molar-refractivity contribution < 1.29 is 9.53 Å². The maximum Gasteiger partial charge on any atom is 0.155 e. The Labute approximate surface area is 155 Å². The summed E-state index contributed by atoms with van der Waals surface area (Å²) in [5.41, 5.74) is 0.244. The van der Waals surface area contributed by atoms with Gasteiger partial charge in [-0.3, -0.25) is 4.79 Å². The topological polar surface area (TPSA) is 26.3 Å². The van der Waals surface area contributed by atoms with Crippen molar-refractivity contribution in [2.45, 2.75) is 32.6 Å². The molecule has 0 saturated heterocycles. The smallest absolute Gasteiger partial charge is 0.155 e. The Morgan fingerprint density at radius 1 is 1.36 bits per heavy atom. The van der Waals surface area contributed by atoms with E-state index in [2.05, 4.69) is 58.3 Å². The Kier molecular flexibility index (Phi) is 7.57. The van der Waals surface area contributed by atoms with E-state index in [0.717, 1.165) is 9.13 Å². The number of ketones is 1. The lowest BCUT2D eigenvalue weighted by atomic mass is 9.80. The maximum atomic E-state index is 12.5. The Hall–Kier alpha value is -0.380. The molecule has 0 aliphatic rings. The fourth-order valence-corrected chi connectivity index (χ4v) is 3.32. The minimum atomic E-state index is -0.656. The number of hydrogen-bond acceptors (Lipinski definition) is 2. The molecule has 0 radical (unpaired) electrons. The van der Waals surface area contributed by atoms with E-state index in [1.165, 1.54) is 0 Å². The van der Waals surface area contributed by atoms with Crippen molar-refractivity contribution in [1.29, 1.82) is 0 Å². The molecule has 4 heteroatoms. The van der Waals surface area contributed by atoms with Crippen molar-refractivity contribution in [1.82, 2.24) is 0 Å². The Morgan fingerprint density at radius 2 is 2.05 bits per heavy atom. The average Bonchev–Trinajstić information content (AvgIpc) is 2.45. The maximum absolute atomic E-state index is 12.5. The summed E-state index contributed by atoms with van der Waals surface area (Å²) in [6.07, 6.45) is 6.04. The van der Waals surface area contributed by atoms with Gasteiger partial charge in [-0.25, -0.2) is 0 Å². The summed E-state index contributed by atoms with van der Waals surface area (Å²) in [6.45, 7) is 6.97. The Bertz CT molecular complexity index is 562. The zero-order chi connectivity index (χ0) is 16.8. The normalized spacial score (nSPS) is 14.2. The fraction of sp³-hybridized carbons (Fsp3) is 0.500. The van der Waals surface area contributed by atoms with Crippen molar-refractivity contribution in [2.75, 3.05) is 18.5 Å². The van der Waals surface area contributed by atoms with Gasteiger partial charge in [0, 0.05) is 9.99 Å². The van der Waals surface area contributed by atoms with Crippen LogP contribution in [0.25, 0.3) is 0 Å². The number of carbonyl (C=O) groups is 1. The lowest BCUT2D eigenvalue weighted by Gasteiger charge is -2.30. The van der Waals surface area contributed by atoms with E-state index in [1.54, 1.807) is 0 Å². The molecule has 0 bridgehead atoms. The van der Waals surface area contributed by atoms with Gasteiger partial charge in [0.05, 0.1) is 24.0 Å². The molecule has 1 aromatic carbocycles. The number of terminal acetylenes is 1. The lowest BCUT2D eigenvalue weighted by molar-refractivity contribution is -0.124. The molecule has 0 spiro atoms. The van der Waals surface area contributed by atoms with Gasteiger partial charge in [-0.2, -0.15) is 0 Å². The third kappa shape index (κ3) is 5.36. The average molecular weight is 477 g/mol. The number of hydrogen-bond donors (Lipinski definition) is 0. The monoisotopic (exact) mass is 476 g/mol. The highest BCUT2D eigenvalue weighted by Gasteiger charge is 2.35. The number of ether oxygens (including phenoxy) is 1. The van der Waals surface area contributed by atoms with Crippen LogP contribution in [0.2, 0.25) is 0 Å². The molecule has 0 saturated carbocycles. The van der Waals surface area contributed by atoms with Gasteiger partial charge in [-0.15, -0.1) is 12.3 Å². The van der Waals surface area contributed by atoms with Crippen LogP contribution >= 0.6 is 38.5 Å². The number of alkyl halides is 1. The van der Waals surface area contributed by atoms with E-state index >= 15 is 0 Å². The third-order valence-corrected chi connectivity index (χ3v) is 4.84. The first-order valence-electron chi connectivity index (χ1n) is 7.12. The molecule has 1 atom stereocenters. The molecule has 0 fully saturated rings. The summed E-state index contributed by atoms with van der Waals surface area (Å²) in [4.78, 5) is 12.5. The summed E-state index contributed by atoms with van der Waals surface area (Å²) < 4.78 is 7.00. The lowest BCUT2D eigenvalue weighted by Crippen LogP contribution is -2.39. The van der Waals surface area contributed by atoms with Crippen LogP contribution in [0, 0.1) is 21.3 Å². The zero-order valence-electron chi connectivity index (χ0n) is 13.3. The Morgan fingerprint density at radius 3 is 2.59 bits per heavy atom. The minimum Gasteiger partial charge on any atom is -0.379 e. The van der Waals surface area contributed by atoms with E-state index in [-0.39, 0.29) is 11.2 Å². The molecule has 0 N–H and O–H groups in total. The van der Waals surface area contributed by atoms with Gasteiger partial charge in [0.15, 0.2) is 5.78 Å². The standard InChI is InChI=1S/C18H22BrIO2/c1-5-9-17(2,3)12-22-13-18(4,16(21)11-19)14-7-6-8-15(20)10-14/h1,6-8,10H,9,11-13H2,2-4H3. The van der Waals surface area contributed by atoms with E-state index in [4.69, 9.17) is 11.2 Å². The quantitative estimate of drug-likeness (QED) is 0.312. The number of rotatable bonds is 8. The largest absolute Gasteiger partial charge is 0.379 e. The molecule has 120 valence electrons. The molecule has 1 rings (SSSR count). The van der Waals surface area contributed by atoms with Crippen molar-refractivity contribution in [2.24, 2.45) is 5.41 Å². The van der Waals surface area contributed by atoms with Crippen LogP contribution in [0.4, 0.5) is 0 Å². The van der Waals surface area contributed by atoms with Crippen LogP contribution in [0.5, 0.6) is 0 Å². The van der Waals surface area contributed by atoms with Crippen LogP contribution in [0.1, 0.15) is 32.8 Å². The second kappa shape index (κ2) is 8.47. The first kappa shape index (κ1) is 19.7. The molecule has 0 heterocycles. The molecule has 2 nitrogen and oxygen atoms in total. The summed E-state index contributed by atoms with van der Waals surface area (Å²) in [5, 5.41) is 0.312. The highest BCUT2D eigenvalue weighted by Crippen LogP contribution is 2.29. The molecule has 1 unspecified atom stereocenters. The second-order valence-electron chi connectivity index (χ2n) is 6.44. The van der Waals surface area contributed by atoms with Crippen LogP contribution in [-0.4, -0.2) is 24.3 Å². The van der Waals surface area contributed by atoms with Gasteiger partial charge in [-0.05, 0) is 52.6 Å². The predicted octanol–water partition coefficient (Wildman–Crippen LogP) is 4.58. The molecular formula is C18H22BrIO2. The number of Topliss-reactive ketones (excluding diaryl/α,β-unsaturated/α-hetero) is 1. The van der Waals surface area contributed by atoms with E-state index in [9.17, 15) is 4.79 Å². The van der Waals surface area contributed by atoms with Gasteiger partial charge in [0.1, 0.15) is 0 Å². The second-order valence-corrected chi connectivity index (χ2v) is 8.24. The molecular weight excluding hydrogens is 455 g/mol. The molecule has 0 amide bonds. The van der Waals surface area contributed by atoms with Crippen LogP contribution < -0.4 is 0 Å². The van der Waals surface area contributed by atoms with Gasteiger partial charge in [0.25, 0.3) is 0 Å². The molecule has 1 aromatic rings. The number of benzene rings is 1. The van der Waals surface area contributed by atoms with Gasteiger partial charge in [0.2, 0.25) is 0 Å². The van der Waals surface area contributed by atoms with E-state index < -0.39 is 5.41 Å². The third-order valence-electron chi connectivity index (χ3n) is 3.66. The SMILES string of the molecule is C#CCC(C)(C)COCC(C)(C(=O)CBr)c1cccc(I)c1. The predicted molar refractivity (Wildman–Crippen MR) is 103 cm³/mol. The Balaban J connectivity index is 2.91. The minimum absolute atomic E-state index is 0.0851. The first-order valence-corrected chi connectivity index (χ1v) is 9.32. The van der Waals surface area contributed by atoms with E-state index in [1.807, 2.05) is 31.2 Å². The van der Waals surface area contributed by atoms with Crippen molar-refractivity contribution in [3.8, 4) is 12.3 Å². The summed E-state index contributed by atoms with van der Waals surface area (Å²) in [7, 11) is 0. The number of halogens is 2. The van der Waals surface area contributed by atoms with Gasteiger partial charge < -0.3 is 4.74 Å². The number of carbonyl (C=O) groups excluding carboxylic acids is 1. The fourth-order valence-electron chi connectivity index (χ4n) is 2.16. The molecule has 0 aliphatic heterocycles. The van der Waals surface area contributed by atoms with Gasteiger partial charge in [-0.1, -0.05) is 41.9 Å². The summed E-state index contributed by atoms with van der Waals surface area (Å²) in [6, 6.07) is 8.01. The van der Waals surface area contributed by atoms with Crippen LogP contribution in [0.3, 0.4) is 0 Å². The van der Waals surface area contributed by atoms with Crippen molar-refractivity contribution >= 4 is 44.3 Å². The van der Waals surface area contributed by atoms with E-state index in [0.29, 0.717) is 25.0 Å².